The predicted molar refractivity (Wildman–Crippen MR) is 45.8 cm³/mol. The summed E-state index contributed by atoms with van der Waals surface area (Å²) in [5, 5.41) is 0. The van der Waals surface area contributed by atoms with Gasteiger partial charge < -0.3 is 4.74 Å². The van der Waals surface area contributed by atoms with Gasteiger partial charge >= 0.3 is 0 Å². The van der Waals surface area contributed by atoms with Gasteiger partial charge in [0.25, 0.3) is 0 Å². The molecule has 0 atom stereocenters. The molecule has 0 unspecified atom stereocenters. The summed E-state index contributed by atoms with van der Waals surface area (Å²) in [5.74, 6) is 0.480. The van der Waals surface area contributed by atoms with Crippen LogP contribution in [0.2, 0.25) is 0 Å². The zero-order valence-corrected chi connectivity index (χ0v) is 7.30. The van der Waals surface area contributed by atoms with Gasteiger partial charge in [-0.25, -0.2) is 8.42 Å². The topological polar surface area (TPSA) is 55.4 Å². The summed E-state index contributed by atoms with van der Waals surface area (Å²) < 4.78 is 27.7. The van der Waals surface area contributed by atoms with Crippen molar-refractivity contribution in [1.82, 2.24) is 0 Å². The van der Waals surface area contributed by atoms with Gasteiger partial charge in [0.2, 0.25) is 10.9 Å². The second-order valence-corrected chi connectivity index (χ2v) is 2.73. The lowest BCUT2D eigenvalue weighted by molar-refractivity contribution is 0.417. The van der Waals surface area contributed by atoms with Crippen LogP contribution in [0.25, 0.3) is 0 Å². The molecule has 65 valence electrons. The van der Waals surface area contributed by atoms with E-state index in [9.17, 15) is 8.42 Å². The lowest BCUT2D eigenvalue weighted by atomic mass is 10.3. The van der Waals surface area contributed by atoms with Crippen molar-refractivity contribution >= 4 is 16.6 Å². The van der Waals surface area contributed by atoms with Gasteiger partial charge in [0.05, 0.1) is 12.8 Å². The number of rotatable bonds is 3. The van der Waals surface area contributed by atoms with E-state index in [0.29, 0.717) is 11.4 Å². The molecule has 0 heterocycles. The van der Waals surface area contributed by atoms with E-state index < -0.39 is 10.9 Å². The molecule has 1 radical (unpaired) electrons. The van der Waals surface area contributed by atoms with E-state index in [1.54, 1.807) is 12.1 Å². The zero-order chi connectivity index (χ0) is 8.97. The number of hydrogen-bond acceptors (Lipinski definition) is 3. The molecule has 5 heteroatoms. The maximum atomic E-state index is 10.3. The van der Waals surface area contributed by atoms with Crippen molar-refractivity contribution < 1.29 is 13.2 Å². The first-order chi connectivity index (χ1) is 5.74. The second kappa shape index (κ2) is 3.96. The molecule has 0 saturated carbocycles. The Hall–Kier alpha value is -1.23. The number of thiol groups is 1. The number of ether oxygens (including phenoxy) is 1. The van der Waals surface area contributed by atoms with E-state index in [1.165, 1.54) is 13.2 Å². The third-order valence-electron chi connectivity index (χ3n) is 1.26. The zero-order valence-electron chi connectivity index (χ0n) is 6.40. The lowest BCUT2D eigenvalue weighted by Crippen LogP contribution is -1.97. The minimum Gasteiger partial charge on any atom is -0.495 e. The minimum atomic E-state index is -2.65. The fourth-order valence-corrected chi connectivity index (χ4v) is 1.15. The molecule has 1 N–H and O–H groups in total. The molecule has 1 aromatic rings. The Labute approximate surface area is 72.3 Å². The normalized spacial score (nSPS) is 9.83. The average Bonchev–Trinajstić information content (AvgIpc) is 2.04. The van der Waals surface area contributed by atoms with Gasteiger partial charge in [-0.2, -0.15) is 0 Å². The van der Waals surface area contributed by atoms with Gasteiger partial charge in [-0.1, -0.05) is 6.07 Å². The Kier molecular flexibility index (Phi) is 2.93. The second-order valence-electron chi connectivity index (χ2n) is 2.00. The Morgan fingerprint density at radius 2 is 2.33 bits per heavy atom. The van der Waals surface area contributed by atoms with Crippen molar-refractivity contribution in [3.05, 3.63) is 24.3 Å². The first kappa shape index (κ1) is 8.86. The van der Waals surface area contributed by atoms with E-state index in [4.69, 9.17) is 4.74 Å². The lowest BCUT2D eigenvalue weighted by Gasteiger charge is -2.04. The maximum absolute atomic E-state index is 10.3. The number of hydrogen-bond donors (Lipinski definition) is 2. The number of nitrogens with one attached hydrogen (secondary N) is 1. The molecule has 0 amide bonds. The monoisotopic (exact) mass is 186 g/mol. The number of benzene rings is 1. The Balaban J connectivity index is 2.96. The maximum Gasteiger partial charge on any atom is 0.222 e. The predicted octanol–water partition coefficient (Wildman–Crippen LogP) is 0.434. The first-order valence-electron chi connectivity index (χ1n) is 3.19. The molecule has 0 aliphatic heterocycles. The third kappa shape index (κ3) is 2.13. The third-order valence-corrected chi connectivity index (χ3v) is 1.68. The Morgan fingerprint density at radius 1 is 1.58 bits per heavy atom. The molecule has 12 heavy (non-hydrogen) atoms. The SMILES string of the molecule is COc1cc[c]cc1N[SH](=O)=O. The van der Waals surface area contributed by atoms with Crippen LogP contribution in [0.4, 0.5) is 5.69 Å². The smallest absolute Gasteiger partial charge is 0.222 e. The molecular weight excluding hydrogens is 178 g/mol. The fraction of sp³-hybridized carbons (Fsp3) is 0.143. The molecule has 0 spiro atoms. The largest absolute Gasteiger partial charge is 0.495 e. The van der Waals surface area contributed by atoms with Crippen molar-refractivity contribution in [2.75, 3.05) is 11.8 Å². The average molecular weight is 186 g/mol. The van der Waals surface area contributed by atoms with Crippen LogP contribution in [-0.2, 0) is 10.9 Å². The van der Waals surface area contributed by atoms with Crippen LogP contribution in [0.3, 0.4) is 0 Å². The van der Waals surface area contributed by atoms with Crippen LogP contribution < -0.4 is 9.46 Å². The summed E-state index contributed by atoms with van der Waals surface area (Å²) >= 11 is 0. The molecule has 0 saturated heterocycles. The molecule has 0 aliphatic carbocycles. The molecule has 0 fully saturated rings. The van der Waals surface area contributed by atoms with Crippen LogP contribution in [0.1, 0.15) is 0 Å². The number of anilines is 1. The van der Waals surface area contributed by atoms with E-state index in [1.807, 2.05) is 0 Å². The van der Waals surface area contributed by atoms with Crippen LogP contribution in [0, 0.1) is 6.07 Å². The highest BCUT2D eigenvalue weighted by Crippen LogP contribution is 2.22. The van der Waals surface area contributed by atoms with Crippen LogP contribution >= 0.6 is 0 Å². The van der Waals surface area contributed by atoms with Crippen molar-refractivity contribution in [2.24, 2.45) is 0 Å². The molecule has 0 aliphatic rings. The van der Waals surface area contributed by atoms with E-state index >= 15 is 0 Å². The van der Waals surface area contributed by atoms with Crippen LogP contribution in [-0.4, -0.2) is 15.5 Å². The summed E-state index contributed by atoms with van der Waals surface area (Å²) in [5.41, 5.74) is 0.399. The van der Waals surface area contributed by atoms with Gasteiger partial charge in [0.15, 0.2) is 0 Å². The van der Waals surface area contributed by atoms with E-state index in [-0.39, 0.29) is 0 Å². The molecule has 1 rings (SSSR count). The quantitative estimate of drug-likeness (QED) is 0.673. The Morgan fingerprint density at radius 3 is 2.92 bits per heavy atom. The summed E-state index contributed by atoms with van der Waals surface area (Å²) in [4.78, 5) is 0. The summed E-state index contributed by atoms with van der Waals surface area (Å²) in [6.07, 6.45) is 0. The Bertz CT molecular complexity index is 327. The van der Waals surface area contributed by atoms with Crippen LogP contribution in [0.15, 0.2) is 18.2 Å². The van der Waals surface area contributed by atoms with Crippen LogP contribution in [0.5, 0.6) is 5.75 Å². The fourth-order valence-electron chi connectivity index (χ4n) is 0.780. The molecule has 4 nitrogen and oxygen atoms in total. The van der Waals surface area contributed by atoms with E-state index in [2.05, 4.69) is 10.8 Å². The van der Waals surface area contributed by atoms with Crippen molar-refractivity contribution in [2.45, 2.75) is 0 Å². The van der Waals surface area contributed by atoms with Gasteiger partial charge in [-0.15, -0.1) is 0 Å². The highest BCUT2D eigenvalue weighted by molar-refractivity contribution is 7.73. The molecule has 0 bridgehead atoms. The molecule has 1 aromatic carbocycles. The van der Waals surface area contributed by atoms with E-state index in [0.717, 1.165) is 0 Å². The van der Waals surface area contributed by atoms with Gasteiger partial charge in [0, 0.05) is 0 Å². The first-order valence-corrected chi connectivity index (χ1v) is 4.37. The highest BCUT2D eigenvalue weighted by Gasteiger charge is 1.99. The molecular formula is C7H8NO3S. The summed E-state index contributed by atoms with van der Waals surface area (Å²) in [6, 6.07) is 7.50. The molecule has 0 aromatic heterocycles. The highest BCUT2D eigenvalue weighted by atomic mass is 32.2. The number of methoxy groups -OCH3 is 1. The van der Waals surface area contributed by atoms with Gasteiger partial charge in [0.1, 0.15) is 5.75 Å². The summed E-state index contributed by atoms with van der Waals surface area (Å²) in [7, 11) is -1.18. The minimum absolute atomic E-state index is 0.399. The van der Waals surface area contributed by atoms with Crippen molar-refractivity contribution in [3.8, 4) is 5.75 Å². The van der Waals surface area contributed by atoms with Crippen molar-refractivity contribution in [3.63, 3.8) is 0 Å². The summed E-state index contributed by atoms with van der Waals surface area (Å²) in [6.45, 7) is 0. The van der Waals surface area contributed by atoms with Gasteiger partial charge in [-0.3, -0.25) is 4.72 Å². The van der Waals surface area contributed by atoms with Gasteiger partial charge in [-0.05, 0) is 18.2 Å². The van der Waals surface area contributed by atoms with Crippen molar-refractivity contribution in [1.29, 1.82) is 0 Å². The standard InChI is InChI=1S/C7H8NO3S/c1-11-7-5-3-2-4-6(7)8-12(9)10/h3-5,12H,1H3,(H,8,9,10).